The maximum absolute atomic E-state index is 11.0. The second kappa shape index (κ2) is 8.50. The number of imidazole rings is 1. The first-order valence-electron chi connectivity index (χ1n) is 10.3. The molecule has 5 nitrogen and oxygen atoms in total. The number of fused-ring (bicyclic) bond motifs is 1. The van der Waals surface area contributed by atoms with Crippen LogP contribution in [0.2, 0.25) is 0 Å². The van der Waals surface area contributed by atoms with E-state index in [1.165, 1.54) is 10.0 Å². The summed E-state index contributed by atoms with van der Waals surface area (Å²) in [7, 11) is 0. The molecule has 2 heterocycles. The van der Waals surface area contributed by atoms with Gasteiger partial charge in [-0.05, 0) is 0 Å². The average Bonchev–Trinajstić information content (AvgIpc) is 3.12. The van der Waals surface area contributed by atoms with Gasteiger partial charge < -0.3 is 0 Å². The first-order chi connectivity index (χ1) is 15.6. The fraction of sp³-hybridized carbons (Fsp3) is 0.0769. The van der Waals surface area contributed by atoms with Crippen molar-refractivity contribution < 1.29 is 10.2 Å². The monoisotopic (exact) mass is 487 g/mol. The number of phenols is 1. The first-order valence-corrected chi connectivity index (χ1v) is 12.0. The Balaban J connectivity index is 1.64. The van der Waals surface area contributed by atoms with E-state index >= 15 is 0 Å². The number of hydrogen-bond acceptors (Lipinski definition) is 4. The molecule has 0 radical (unpaired) electrons. The quantitative estimate of drug-likeness (QED) is 0.374. The van der Waals surface area contributed by atoms with Crippen LogP contribution in [0.1, 0.15) is 16.8 Å². The van der Waals surface area contributed by atoms with Crippen LogP contribution in [0.4, 0.5) is 0 Å². The van der Waals surface area contributed by atoms with Crippen LogP contribution in [0.3, 0.4) is 0 Å². The Kier molecular flexibility index (Phi) is 5.39. The van der Waals surface area contributed by atoms with Crippen LogP contribution in [0.15, 0.2) is 85.1 Å². The topological polar surface area (TPSA) is 70.7 Å². The zero-order chi connectivity index (χ0) is 22.1. The van der Waals surface area contributed by atoms with E-state index in [1.807, 2.05) is 48.7 Å². The Hall–Kier alpha value is -3.60. The van der Waals surface area contributed by atoms with Crippen molar-refractivity contribution in [2.75, 3.05) is 0 Å². The Morgan fingerprint density at radius 2 is 1.56 bits per heavy atom. The van der Waals surface area contributed by atoms with Gasteiger partial charge in [0.1, 0.15) is 0 Å². The maximum atomic E-state index is 11.0. The summed E-state index contributed by atoms with van der Waals surface area (Å²) in [4.78, 5) is 9.73. The molecular formula is C26H21N3O2Se. The molecule has 0 aliphatic rings. The van der Waals surface area contributed by atoms with Gasteiger partial charge in [0.25, 0.3) is 0 Å². The molecule has 6 heteroatoms. The Bertz CT molecular complexity index is 1380. The molecule has 0 saturated carbocycles. The van der Waals surface area contributed by atoms with Gasteiger partial charge in [0.2, 0.25) is 0 Å². The molecule has 2 N–H and O–H groups in total. The molecule has 0 aliphatic carbocycles. The van der Waals surface area contributed by atoms with Crippen molar-refractivity contribution in [1.29, 1.82) is 0 Å². The number of rotatable bonds is 5. The van der Waals surface area contributed by atoms with E-state index in [0.717, 1.165) is 21.4 Å². The molecule has 0 atom stereocenters. The molecule has 3 aromatic carbocycles. The Morgan fingerprint density at radius 1 is 0.844 bits per heavy atom. The van der Waals surface area contributed by atoms with E-state index in [4.69, 9.17) is 9.97 Å². The van der Waals surface area contributed by atoms with Gasteiger partial charge in [0, 0.05) is 0 Å². The van der Waals surface area contributed by atoms with Crippen LogP contribution in [0.5, 0.6) is 11.6 Å². The third kappa shape index (κ3) is 4.11. The molecule has 0 amide bonds. The zero-order valence-corrected chi connectivity index (χ0v) is 19.1. The third-order valence-corrected chi connectivity index (χ3v) is 7.28. The van der Waals surface area contributed by atoms with E-state index in [0.29, 0.717) is 17.8 Å². The molecular weight excluding hydrogens is 465 g/mol. The summed E-state index contributed by atoms with van der Waals surface area (Å²) in [5, 5.41) is 20.7. The predicted molar refractivity (Wildman–Crippen MR) is 127 cm³/mol. The van der Waals surface area contributed by atoms with Gasteiger partial charge in [0.05, 0.1) is 0 Å². The fourth-order valence-electron chi connectivity index (χ4n) is 3.52. The van der Waals surface area contributed by atoms with Crippen molar-refractivity contribution >= 4 is 29.7 Å². The van der Waals surface area contributed by atoms with Crippen LogP contribution in [0, 0.1) is 6.92 Å². The summed E-state index contributed by atoms with van der Waals surface area (Å²) in [6, 6.07) is 25.4. The van der Waals surface area contributed by atoms with Crippen molar-refractivity contribution in [3.05, 3.63) is 102 Å². The van der Waals surface area contributed by atoms with E-state index in [-0.39, 0.29) is 26.6 Å². The third-order valence-electron chi connectivity index (χ3n) is 5.23. The predicted octanol–water partition coefficient (Wildman–Crippen LogP) is 3.36. The molecule has 0 unspecified atom stereocenters. The summed E-state index contributed by atoms with van der Waals surface area (Å²) in [5.74, 6) is 0.335. The van der Waals surface area contributed by atoms with Crippen LogP contribution in [0.25, 0.3) is 16.9 Å². The minimum atomic E-state index is -0.0936. The average molecular weight is 486 g/mol. The molecule has 2 aromatic heterocycles. The van der Waals surface area contributed by atoms with E-state index in [1.54, 1.807) is 16.5 Å². The SMILES string of the molecule is Cc1ccc([Se]c2nc(-c3ccc(O)cc3)cn3c(O)c(Cc4ccccc4)nc23)cc1. The molecule has 5 rings (SSSR count). The first kappa shape index (κ1) is 20.3. The van der Waals surface area contributed by atoms with Gasteiger partial charge in [0.15, 0.2) is 0 Å². The molecule has 0 saturated heterocycles. The van der Waals surface area contributed by atoms with Crippen LogP contribution in [-0.2, 0) is 6.42 Å². The van der Waals surface area contributed by atoms with Crippen molar-refractivity contribution in [1.82, 2.24) is 14.4 Å². The van der Waals surface area contributed by atoms with Gasteiger partial charge in [-0.15, -0.1) is 0 Å². The number of hydrogen-bond donors (Lipinski definition) is 2. The second-order valence-corrected chi connectivity index (χ2v) is 9.86. The molecule has 0 bridgehead atoms. The number of phenolic OH excluding ortho intramolecular Hbond substituents is 1. The molecule has 0 fully saturated rings. The Morgan fingerprint density at radius 3 is 2.28 bits per heavy atom. The van der Waals surface area contributed by atoms with E-state index < -0.39 is 0 Å². The molecule has 0 aliphatic heterocycles. The second-order valence-electron chi connectivity index (χ2n) is 7.63. The van der Waals surface area contributed by atoms with E-state index in [2.05, 4.69) is 31.2 Å². The Labute approximate surface area is 192 Å². The zero-order valence-electron chi connectivity index (χ0n) is 17.4. The van der Waals surface area contributed by atoms with Gasteiger partial charge in [-0.3, -0.25) is 0 Å². The summed E-state index contributed by atoms with van der Waals surface area (Å²) < 4.78 is 3.77. The van der Waals surface area contributed by atoms with Gasteiger partial charge >= 0.3 is 192 Å². The minimum absolute atomic E-state index is 0.0936. The van der Waals surface area contributed by atoms with Crippen molar-refractivity contribution in [3.63, 3.8) is 0 Å². The molecule has 0 spiro atoms. The molecule has 32 heavy (non-hydrogen) atoms. The van der Waals surface area contributed by atoms with E-state index in [9.17, 15) is 10.2 Å². The van der Waals surface area contributed by atoms with Crippen LogP contribution >= 0.6 is 0 Å². The van der Waals surface area contributed by atoms with Crippen molar-refractivity contribution in [3.8, 4) is 22.9 Å². The summed E-state index contributed by atoms with van der Waals surface area (Å²) in [6.07, 6.45) is 2.35. The normalized spacial score (nSPS) is 11.2. The van der Waals surface area contributed by atoms with Crippen molar-refractivity contribution in [2.24, 2.45) is 0 Å². The van der Waals surface area contributed by atoms with Crippen LogP contribution in [-0.4, -0.2) is 39.5 Å². The molecule has 5 aromatic rings. The van der Waals surface area contributed by atoms with Gasteiger partial charge in [-0.25, -0.2) is 0 Å². The van der Waals surface area contributed by atoms with Crippen molar-refractivity contribution in [2.45, 2.75) is 13.3 Å². The standard InChI is InChI=1S/C26H21N3O2Se/c1-17-7-13-21(14-8-17)32-25-24-27-22(15-18-5-3-2-4-6-18)26(31)29(24)16-23(28-25)19-9-11-20(30)12-10-19/h2-14,16,30-31H,15H2,1H3. The van der Waals surface area contributed by atoms with Gasteiger partial charge in [-0.1, -0.05) is 0 Å². The molecule has 158 valence electrons. The number of aryl methyl sites for hydroxylation is 1. The number of aromatic nitrogens is 3. The number of nitrogens with zero attached hydrogens (tertiary/aromatic N) is 3. The summed E-state index contributed by atoms with van der Waals surface area (Å²) >= 11 is -0.0936. The van der Waals surface area contributed by atoms with Crippen LogP contribution < -0.4 is 9.05 Å². The summed E-state index contributed by atoms with van der Waals surface area (Å²) in [6.45, 7) is 2.07. The number of aromatic hydroxyl groups is 2. The summed E-state index contributed by atoms with van der Waals surface area (Å²) in [5.41, 5.74) is 5.19. The number of benzene rings is 3. The van der Waals surface area contributed by atoms with Gasteiger partial charge in [-0.2, -0.15) is 0 Å². The fourth-order valence-corrected chi connectivity index (χ4v) is 5.36.